The van der Waals surface area contributed by atoms with Crippen molar-refractivity contribution in [2.75, 3.05) is 0 Å². The van der Waals surface area contributed by atoms with Gasteiger partial charge in [-0.1, -0.05) is 44.0 Å². The van der Waals surface area contributed by atoms with Crippen LogP contribution in [0, 0.1) is 0 Å². The third-order valence-electron chi connectivity index (χ3n) is 3.35. The number of carbonyl (C=O) groups excluding carboxylic acids is 2. The maximum absolute atomic E-state index is 12.1. The lowest BCUT2D eigenvalue weighted by molar-refractivity contribution is 0.0831. The molecule has 2 aromatic carbocycles. The Bertz CT molecular complexity index is 903. The number of benzene rings is 2. The summed E-state index contributed by atoms with van der Waals surface area (Å²) in [6.07, 6.45) is 0. The Kier molecular flexibility index (Phi) is 5.35. The third-order valence-corrected chi connectivity index (χ3v) is 4.41. The number of halogens is 2. The Morgan fingerprint density at radius 1 is 0.720 bits per heavy atom. The van der Waals surface area contributed by atoms with Gasteiger partial charge in [-0.15, -0.1) is 0 Å². The molecule has 3 aromatic rings. The Hall–Kier alpha value is -2.38. The zero-order chi connectivity index (χ0) is 17.8. The minimum atomic E-state index is -0.533. The van der Waals surface area contributed by atoms with Crippen LogP contribution in [0.2, 0.25) is 0 Å². The topological polar surface area (TPSA) is 71.3 Å². The fourth-order valence-corrected chi connectivity index (χ4v) is 2.61. The van der Waals surface area contributed by atoms with Crippen molar-refractivity contribution >= 4 is 43.7 Å². The van der Waals surface area contributed by atoms with E-state index < -0.39 is 11.8 Å². The number of nitrogens with one attached hydrogen (secondary N) is 2. The largest absolute Gasteiger partial charge is 0.451 e. The van der Waals surface area contributed by atoms with E-state index in [1.165, 1.54) is 0 Å². The normalized spacial score (nSPS) is 10.3. The van der Waals surface area contributed by atoms with Gasteiger partial charge in [0, 0.05) is 20.1 Å². The van der Waals surface area contributed by atoms with Crippen LogP contribution in [0.4, 0.5) is 0 Å². The average Bonchev–Trinajstić information content (AvgIpc) is 3.11. The monoisotopic (exact) mass is 462 g/mol. The molecular weight excluding hydrogens is 452 g/mol. The summed E-state index contributed by atoms with van der Waals surface area (Å²) in [6, 6.07) is 17.6. The van der Waals surface area contributed by atoms with E-state index >= 15 is 0 Å². The molecule has 126 valence electrons. The van der Waals surface area contributed by atoms with Gasteiger partial charge in [-0.2, -0.15) is 0 Å². The van der Waals surface area contributed by atoms with E-state index in [0.29, 0.717) is 11.3 Å². The van der Waals surface area contributed by atoms with Crippen LogP contribution >= 0.6 is 31.9 Å². The molecule has 2 N–H and O–H groups in total. The minimum absolute atomic E-state index is 0.106. The Morgan fingerprint density at radius 3 is 1.92 bits per heavy atom. The number of hydrogen-bond donors (Lipinski definition) is 2. The van der Waals surface area contributed by atoms with Crippen molar-refractivity contribution in [1.82, 2.24) is 10.9 Å². The Balaban J connectivity index is 1.63. The number of hydrogen-bond acceptors (Lipinski definition) is 3. The van der Waals surface area contributed by atoms with Gasteiger partial charge in [0.25, 0.3) is 5.91 Å². The quantitative estimate of drug-likeness (QED) is 0.560. The van der Waals surface area contributed by atoms with E-state index in [4.69, 9.17) is 4.42 Å². The lowest BCUT2D eigenvalue weighted by atomic mass is 10.2. The molecule has 1 heterocycles. The Labute approximate surface area is 160 Å². The lowest BCUT2D eigenvalue weighted by Gasteiger charge is -2.06. The first kappa shape index (κ1) is 17.4. The predicted octanol–water partition coefficient (Wildman–Crippen LogP) is 4.55. The lowest BCUT2D eigenvalue weighted by Crippen LogP contribution is -2.41. The van der Waals surface area contributed by atoms with Crippen LogP contribution in [-0.2, 0) is 0 Å². The highest BCUT2D eigenvalue weighted by molar-refractivity contribution is 9.10. The summed E-state index contributed by atoms with van der Waals surface area (Å²) in [5.41, 5.74) is 5.96. The number of furan rings is 1. The summed E-state index contributed by atoms with van der Waals surface area (Å²) in [5, 5.41) is 0. The van der Waals surface area contributed by atoms with Crippen LogP contribution in [0.5, 0.6) is 0 Å². The van der Waals surface area contributed by atoms with E-state index in [0.717, 1.165) is 14.5 Å². The molecule has 0 aliphatic rings. The highest BCUT2D eigenvalue weighted by Crippen LogP contribution is 2.23. The van der Waals surface area contributed by atoms with Crippen molar-refractivity contribution in [3.05, 3.63) is 80.9 Å². The van der Waals surface area contributed by atoms with Crippen LogP contribution in [0.1, 0.15) is 20.9 Å². The van der Waals surface area contributed by atoms with Gasteiger partial charge < -0.3 is 4.42 Å². The highest BCUT2D eigenvalue weighted by Gasteiger charge is 2.13. The molecule has 0 fully saturated rings. The van der Waals surface area contributed by atoms with Crippen LogP contribution in [0.15, 0.2) is 74.0 Å². The zero-order valence-corrected chi connectivity index (χ0v) is 15.9. The maximum atomic E-state index is 12.1. The summed E-state index contributed by atoms with van der Waals surface area (Å²) in [7, 11) is 0. The van der Waals surface area contributed by atoms with Gasteiger partial charge in [0.15, 0.2) is 5.76 Å². The number of amides is 2. The minimum Gasteiger partial charge on any atom is -0.451 e. The molecule has 0 saturated carbocycles. The van der Waals surface area contributed by atoms with Crippen LogP contribution in [-0.4, -0.2) is 11.8 Å². The molecule has 1 aromatic heterocycles. The Morgan fingerprint density at radius 2 is 1.28 bits per heavy atom. The van der Waals surface area contributed by atoms with E-state index in [-0.39, 0.29) is 5.76 Å². The van der Waals surface area contributed by atoms with Crippen molar-refractivity contribution in [3.8, 4) is 11.3 Å². The van der Waals surface area contributed by atoms with Gasteiger partial charge in [-0.05, 0) is 48.5 Å². The fraction of sp³-hybridized carbons (Fsp3) is 0. The molecule has 0 unspecified atom stereocenters. The van der Waals surface area contributed by atoms with Gasteiger partial charge in [-0.3, -0.25) is 20.4 Å². The predicted molar refractivity (Wildman–Crippen MR) is 101 cm³/mol. The smallest absolute Gasteiger partial charge is 0.305 e. The van der Waals surface area contributed by atoms with Gasteiger partial charge in [-0.25, -0.2) is 0 Å². The zero-order valence-electron chi connectivity index (χ0n) is 12.8. The van der Waals surface area contributed by atoms with Crippen molar-refractivity contribution in [2.24, 2.45) is 0 Å². The number of carbonyl (C=O) groups is 2. The first-order chi connectivity index (χ1) is 12.0. The van der Waals surface area contributed by atoms with Crippen LogP contribution in [0.3, 0.4) is 0 Å². The van der Waals surface area contributed by atoms with E-state index in [1.807, 2.05) is 24.3 Å². The second-order valence-corrected chi connectivity index (χ2v) is 6.92. The molecule has 25 heavy (non-hydrogen) atoms. The second kappa shape index (κ2) is 7.67. The van der Waals surface area contributed by atoms with Crippen molar-refractivity contribution < 1.29 is 14.0 Å². The average molecular weight is 464 g/mol. The maximum Gasteiger partial charge on any atom is 0.305 e. The van der Waals surface area contributed by atoms with Gasteiger partial charge in [0.1, 0.15) is 5.76 Å². The summed E-state index contributed by atoms with van der Waals surface area (Å²) in [4.78, 5) is 24.1. The first-order valence-corrected chi connectivity index (χ1v) is 8.83. The first-order valence-electron chi connectivity index (χ1n) is 7.25. The summed E-state index contributed by atoms with van der Waals surface area (Å²) < 4.78 is 7.36. The summed E-state index contributed by atoms with van der Waals surface area (Å²) >= 11 is 6.66. The molecule has 2 amide bonds. The van der Waals surface area contributed by atoms with Crippen molar-refractivity contribution in [1.29, 1.82) is 0 Å². The highest BCUT2D eigenvalue weighted by atomic mass is 79.9. The van der Waals surface area contributed by atoms with Gasteiger partial charge in [0.2, 0.25) is 0 Å². The molecule has 0 atom stereocenters. The second-order valence-electron chi connectivity index (χ2n) is 5.09. The van der Waals surface area contributed by atoms with Gasteiger partial charge >= 0.3 is 5.91 Å². The SMILES string of the molecule is O=C(NNC(=O)c1ccc(-c2ccc(Br)cc2)o1)c1ccc(Br)cc1. The molecule has 3 rings (SSSR count). The molecule has 0 aliphatic heterocycles. The summed E-state index contributed by atoms with van der Waals surface area (Å²) in [5.74, 6) is -0.278. The molecule has 0 aliphatic carbocycles. The molecule has 0 saturated heterocycles. The summed E-state index contributed by atoms with van der Waals surface area (Å²) in [6.45, 7) is 0. The van der Waals surface area contributed by atoms with E-state index in [1.54, 1.807) is 36.4 Å². The molecular formula is C18H12Br2N2O3. The van der Waals surface area contributed by atoms with E-state index in [2.05, 4.69) is 42.7 Å². The molecule has 7 heteroatoms. The van der Waals surface area contributed by atoms with Crippen LogP contribution < -0.4 is 10.9 Å². The fourth-order valence-electron chi connectivity index (χ4n) is 2.08. The molecule has 0 spiro atoms. The number of hydrazine groups is 1. The van der Waals surface area contributed by atoms with Crippen LogP contribution in [0.25, 0.3) is 11.3 Å². The molecule has 0 radical (unpaired) electrons. The molecule has 0 bridgehead atoms. The molecule has 5 nitrogen and oxygen atoms in total. The van der Waals surface area contributed by atoms with Crippen molar-refractivity contribution in [2.45, 2.75) is 0 Å². The number of rotatable bonds is 3. The van der Waals surface area contributed by atoms with E-state index in [9.17, 15) is 9.59 Å². The standard InChI is InChI=1S/C18H12Br2N2O3/c19-13-5-1-11(2-6-13)15-9-10-16(25-15)18(24)22-21-17(23)12-3-7-14(20)8-4-12/h1-10H,(H,21,23)(H,22,24). The van der Waals surface area contributed by atoms with Gasteiger partial charge in [0.05, 0.1) is 0 Å². The third kappa shape index (κ3) is 4.37. The van der Waals surface area contributed by atoms with Crippen molar-refractivity contribution in [3.63, 3.8) is 0 Å².